The standard InChI is InChI=1S/C33H50N4O3S/c1-8-23(5)28(12-13-30(39)24(6)21-37-16-14-36(7)15-17-37)35-33(40)26(18-27(38)9-2)20-32-34-29-11-10-25(22(3)4)19-31(29)41-32/h10-11,19,22-23,26,28H,6,8-9,12-18,20-21H2,1-5,7H3,(H,35,40)/t23-,26-,28+/m0/s1. The summed E-state index contributed by atoms with van der Waals surface area (Å²) in [5.41, 5.74) is 2.84. The van der Waals surface area contributed by atoms with Crippen molar-refractivity contribution >= 4 is 39.0 Å². The maximum atomic E-state index is 13.7. The first-order chi connectivity index (χ1) is 19.5. The largest absolute Gasteiger partial charge is 0.353 e. The zero-order chi connectivity index (χ0) is 30.1. The molecule has 226 valence electrons. The Hall–Kier alpha value is -2.42. The van der Waals surface area contributed by atoms with Crippen molar-refractivity contribution in [2.45, 2.75) is 85.1 Å². The van der Waals surface area contributed by atoms with Crippen LogP contribution in [-0.4, -0.2) is 78.1 Å². The van der Waals surface area contributed by atoms with Crippen molar-refractivity contribution in [3.63, 3.8) is 0 Å². The molecule has 1 aliphatic rings. The average molecular weight is 583 g/mol. The van der Waals surface area contributed by atoms with Gasteiger partial charge in [0.1, 0.15) is 5.78 Å². The Labute approximate surface area is 250 Å². The lowest BCUT2D eigenvalue weighted by atomic mass is 9.91. The number of Topliss-reactive ketones (excluding diaryl/α,β-unsaturated/α-hetero) is 2. The van der Waals surface area contributed by atoms with Gasteiger partial charge in [-0.3, -0.25) is 19.3 Å². The number of nitrogens with one attached hydrogen (secondary N) is 1. The van der Waals surface area contributed by atoms with Gasteiger partial charge in [0.2, 0.25) is 5.91 Å². The molecule has 0 unspecified atom stereocenters. The van der Waals surface area contributed by atoms with Gasteiger partial charge >= 0.3 is 0 Å². The van der Waals surface area contributed by atoms with Crippen molar-refractivity contribution in [1.82, 2.24) is 20.1 Å². The molecule has 1 aliphatic heterocycles. The minimum Gasteiger partial charge on any atom is -0.353 e. The lowest BCUT2D eigenvalue weighted by Crippen LogP contribution is -2.45. The molecule has 8 heteroatoms. The number of fused-ring (bicyclic) bond motifs is 1. The van der Waals surface area contributed by atoms with Crippen LogP contribution in [0.3, 0.4) is 0 Å². The van der Waals surface area contributed by atoms with Crippen LogP contribution in [0.2, 0.25) is 0 Å². The molecule has 1 saturated heterocycles. The number of rotatable bonds is 16. The van der Waals surface area contributed by atoms with Crippen molar-refractivity contribution in [1.29, 1.82) is 0 Å². The van der Waals surface area contributed by atoms with Crippen molar-refractivity contribution in [3.05, 3.63) is 40.9 Å². The number of nitrogens with zero attached hydrogens (tertiary/aromatic N) is 3. The fourth-order valence-corrected chi connectivity index (χ4v) is 6.33. The zero-order valence-corrected chi connectivity index (χ0v) is 26.8. The van der Waals surface area contributed by atoms with Gasteiger partial charge in [-0.25, -0.2) is 4.98 Å². The molecule has 1 N–H and O–H groups in total. The smallest absolute Gasteiger partial charge is 0.224 e. The molecule has 1 aromatic carbocycles. The maximum absolute atomic E-state index is 13.7. The summed E-state index contributed by atoms with van der Waals surface area (Å²) in [6.07, 6.45) is 2.84. The molecular formula is C33H50N4O3S. The van der Waals surface area contributed by atoms with Crippen LogP contribution in [0.1, 0.15) is 83.2 Å². The number of amides is 1. The van der Waals surface area contributed by atoms with Crippen molar-refractivity contribution < 1.29 is 14.4 Å². The highest BCUT2D eigenvalue weighted by molar-refractivity contribution is 7.18. The van der Waals surface area contributed by atoms with Crippen LogP contribution in [0.25, 0.3) is 10.2 Å². The molecule has 1 amide bonds. The Balaban J connectivity index is 1.66. The predicted octanol–water partition coefficient (Wildman–Crippen LogP) is 5.63. The molecule has 0 bridgehead atoms. The summed E-state index contributed by atoms with van der Waals surface area (Å²) >= 11 is 1.61. The molecule has 0 radical (unpaired) electrons. The molecular weight excluding hydrogens is 532 g/mol. The van der Waals surface area contributed by atoms with Crippen LogP contribution in [0.15, 0.2) is 30.4 Å². The van der Waals surface area contributed by atoms with Gasteiger partial charge in [-0.2, -0.15) is 0 Å². The van der Waals surface area contributed by atoms with Crippen molar-refractivity contribution in [3.8, 4) is 0 Å². The number of carbonyl (C=O) groups excluding carboxylic acids is 3. The third-order valence-electron chi connectivity index (χ3n) is 8.53. The van der Waals surface area contributed by atoms with Crippen molar-refractivity contribution in [2.75, 3.05) is 39.8 Å². The van der Waals surface area contributed by atoms with Gasteiger partial charge in [-0.1, -0.05) is 53.7 Å². The van der Waals surface area contributed by atoms with Gasteiger partial charge in [-0.15, -0.1) is 11.3 Å². The number of likely N-dealkylation sites (N-methyl/N-ethyl adjacent to an activating group) is 1. The van der Waals surface area contributed by atoms with E-state index in [1.807, 2.05) is 13.0 Å². The van der Waals surface area contributed by atoms with Gasteiger partial charge in [0.05, 0.1) is 21.1 Å². The van der Waals surface area contributed by atoms with Crippen LogP contribution in [0.4, 0.5) is 0 Å². The molecule has 2 heterocycles. The lowest BCUT2D eigenvalue weighted by molar-refractivity contribution is -0.130. The summed E-state index contributed by atoms with van der Waals surface area (Å²) in [5, 5.41) is 4.12. The van der Waals surface area contributed by atoms with Crippen LogP contribution >= 0.6 is 11.3 Å². The number of hydrogen-bond acceptors (Lipinski definition) is 7. The molecule has 3 rings (SSSR count). The third-order valence-corrected chi connectivity index (χ3v) is 9.57. The fourth-order valence-electron chi connectivity index (χ4n) is 5.23. The maximum Gasteiger partial charge on any atom is 0.224 e. The van der Waals surface area contributed by atoms with E-state index in [-0.39, 0.29) is 35.9 Å². The molecule has 41 heavy (non-hydrogen) atoms. The third kappa shape index (κ3) is 9.83. The Morgan fingerprint density at radius 3 is 2.44 bits per heavy atom. The number of carbonyl (C=O) groups is 3. The average Bonchev–Trinajstić information content (AvgIpc) is 3.36. The highest BCUT2D eigenvalue weighted by Gasteiger charge is 2.28. The second kappa shape index (κ2) is 15.7. The lowest BCUT2D eigenvalue weighted by Gasteiger charge is -2.32. The number of benzene rings is 1. The summed E-state index contributed by atoms with van der Waals surface area (Å²) in [6.45, 7) is 19.0. The van der Waals surface area contributed by atoms with E-state index in [4.69, 9.17) is 4.98 Å². The van der Waals surface area contributed by atoms with E-state index in [0.29, 0.717) is 43.7 Å². The SMILES string of the molecule is C=C(CN1CCN(C)CC1)C(=O)CC[C@@H](NC(=O)[C@@H](CC(=O)CC)Cc1nc2ccc(C(C)C)cc2s1)[C@@H](C)CC. The second-order valence-electron chi connectivity index (χ2n) is 12.1. The Morgan fingerprint density at radius 2 is 1.80 bits per heavy atom. The Bertz CT molecular complexity index is 1200. The van der Waals surface area contributed by atoms with E-state index in [1.54, 1.807) is 11.3 Å². The summed E-state index contributed by atoms with van der Waals surface area (Å²) in [7, 11) is 2.12. The van der Waals surface area contributed by atoms with E-state index in [1.165, 1.54) is 5.56 Å². The number of piperazine rings is 1. The summed E-state index contributed by atoms with van der Waals surface area (Å²) in [4.78, 5) is 48.5. The summed E-state index contributed by atoms with van der Waals surface area (Å²) < 4.78 is 1.11. The van der Waals surface area contributed by atoms with Crippen LogP contribution in [0.5, 0.6) is 0 Å². The number of ketones is 2. The molecule has 7 nitrogen and oxygen atoms in total. The number of aromatic nitrogens is 1. The minimum absolute atomic E-state index is 0.0689. The predicted molar refractivity (Wildman–Crippen MR) is 170 cm³/mol. The molecule has 3 atom stereocenters. The topological polar surface area (TPSA) is 82.6 Å². The first-order valence-electron chi connectivity index (χ1n) is 15.3. The van der Waals surface area contributed by atoms with Gasteiger partial charge in [0.25, 0.3) is 0 Å². The zero-order valence-electron chi connectivity index (χ0n) is 26.0. The van der Waals surface area contributed by atoms with Gasteiger partial charge in [0, 0.05) is 70.0 Å². The molecule has 1 fully saturated rings. The highest BCUT2D eigenvalue weighted by atomic mass is 32.1. The highest BCUT2D eigenvalue weighted by Crippen LogP contribution is 2.29. The van der Waals surface area contributed by atoms with Crippen molar-refractivity contribution in [2.24, 2.45) is 11.8 Å². The summed E-state index contributed by atoms with van der Waals surface area (Å²) in [5.74, 6) is 0.171. The van der Waals surface area contributed by atoms with Crippen LogP contribution in [0, 0.1) is 11.8 Å². The first kappa shape index (κ1) is 33.1. The van der Waals surface area contributed by atoms with E-state index in [0.717, 1.165) is 47.8 Å². The molecule has 0 spiro atoms. The minimum atomic E-state index is -0.484. The molecule has 1 aromatic heterocycles. The van der Waals surface area contributed by atoms with E-state index in [2.05, 4.69) is 68.6 Å². The van der Waals surface area contributed by atoms with Crippen LogP contribution < -0.4 is 5.32 Å². The van der Waals surface area contributed by atoms with E-state index >= 15 is 0 Å². The normalized spacial score (nSPS) is 17.0. The number of hydrogen-bond donors (Lipinski definition) is 1. The molecule has 0 saturated carbocycles. The van der Waals surface area contributed by atoms with Crippen LogP contribution in [-0.2, 0) is 20.8 Å². The number of thiazole rings is 1. The molecule has 0 aliphatic carbocycles. The second-order valence-corrected chi connectivity index (χ2v) is 13.2. The Morgan fingerprint density at radius 1 is 1.10 bits per heavy atom. The quantitative estimate of drug-likeness (QED) is 0.258. The fraction of sp³-hybridized carbons (Fsp3) is 0.636. The summed E-state index contributed by atoms with van der Waals surface area (Å²) in [6, 6.07) is 6.20. The van der Waals surface area contributed by atoms with Gasteiger partial charge < -0.3 is 10.2 Å². The van der Waals surface area contributed by atoms with E-state index < -0.39 is 5.92 Å². The van der Waals surface area contributed by atoms with E-state index in [9.17, 15) is 14.4 Å². The molecule has 2 aromatic rings. The Kier molecular flexibility index (Phi) is 12.7. The monoisotopic (exact) mass is 582 g/mol. The van der Waals surface area contributed by atoms with Gasteiger partial charge in [0.15, 0.2) is 5.78 Å². The first-order valence-corrected chi connectivity index (χ1v) is 16.2. The van der Waals surface area contributed by atoms with Gasteiger partial charge in [-0.05, 0) is 43.0 Å².